The third-order valence-electron chi connectivity index (χ3n) is 6.57. The Balaban J connectivity index is 1.56. The smallest absolute Gasteiger partial charge is 0.232 e. The van der Waals surface area contributed by atoms with Gasteiger partial charge in [0.25, 0.3) is 0 Å². The number of rotatable bonds is 5. The molecule has 2 aliphatic rings. The van der Waals surface area contributed by atoms with Crippen molar-refractivity contribution >= 4 is 16.9 Å². The lowest BCUT2D eigenvalue weighted by Crippen LogP contribution is -2.43. The van der Waals surface area contributed by atoms with Gasteiger partial charge in [-0.3, -0.25) is 4.90 Å². The molecule has 2 N–H and O–H groups in total. The largest absolute Gasteiger partial charge is 0.379 e. The van der Waals surface area contributed by atoms with Gasteiger partial charge < -0.3 is 15.0 Å². The maximum atomic E-state index is 6.67. The van der Waals surface area contributed by atoms with Crippen LogP contribution in [0.15, 0.2) is 6.33 Å². The van der Waals surface area contributed by atoms with Crippen LogP contribution in [0.2, 0.25) is 0 Å². The summed E-state index contributed by atoms with van der Waals surface area (Å²) < 4.78 is 10.1. The molecule has 3 heterocycles. The van der Waals surface area contributed by atoms with E-state index in [0.717, 1.165) is 62.7 Å². The summed E-state index contributed by atoms with van der Waals surface area (Å²) in [6.45, 7) is 10.3. The average Bonchev–Trinajstić information content (AvgIpc) is 2.95. The Morgan fingerprint density at radius 2 is 1.89 bits per heavy atom. The maximum Gasteiger partial charge on any atom is 0.232 e. The Bertz CT molecular complexity index is 788. The molecule has 0 aromatic carbocycles. The normalized spacial score (nSPS) is 19.8. The highest BCUT2D eigenvalue weighted by atomic mass is 16.5. The lowest BCUT2D eigenvalue weighted by atomic mass is 9.95. The molecule has 0 unspecified atom stereocenters. The molecule has 1 saturated heterocycles. The van der Waals surface area contributed by atoms with Crippen molar-refractivity contribution in [3.63, 3.8) is 0 Å². The van der Waals surface area contributed by atoms with E-state index in [4.69, 9.17) is 15.5 Å². The highest BCUT2D eigenvalue weighted by Crippen LogP contribution is 2.30. The van der Waals surface area contributed by atoms with E-state index in [1.165, 1.54) is 43.4 Å². The number of anilines is 1. The van der Waals surface area contributed by atoms with Crippen molar-refractivity contribution in [2.45, 2.75) is 65.0 Å². The summed E-state index contributed by atoms with van der Waals surface area (Å²) in [5, 5.41) is 1.16. The van der Waals surface area contributed by atoms with E-state index in [2.05, 4.69) is 27.9 Å². The Morgan fingerprint density at radius 1 is 1.15 bits per heavy atom. The summed E-state index contributed by atoms with van der Waals surface area (Å²) in [4.78, 5) is 7.37. The minimum absolute atomic E-state index is 0.514. The van der Waals surface area contributed by atoms with Crippen LogP contribution in [0.5, 0.6) is 0 Å². The van der Waals surface area contributed by atoms with Gasteiger partial charge in [0, 0.05) is 31.9 Å². The van der Waals surface area contributed by atoms with Crippen LogP contribution in [0.4, 0.5) is 5.82 Å². The SMILES string of the molecule is Cc1c(C)n(CCCN2CCOCC2)c2nc[n+](C3CCCCC3)c(N)c12. The molecule has 2 fully saturated rings. The zero-order valence-corrected chi connectivity index (χ0v) is 16.9. The Hall–Kier alpha value is -1.66. The Kier molecular flexibility index (Phi) is 5.64. The van der Waals surface area contributed by atoms with Gasteiger partial charge in [-0.05, 0) is 51.5 Å². The molecule has 2 aromatic rings. The molecule has 1 saturated carbocycles. The average molecular weight is 373 g/mol. The van der Waals surface area contributed by atoms with Crippen LogP contribution in [0.3, 0.4) is 0 Å². The lowest BCUT2D eigenvalue weighted by molar-refractivity contribution is -0.713. The van der Waals surface area contributed by atoms with Gasteiger partial charge in [0.1, 0.15) is 5.39 Å². The number of hydrogen-bond donors (Lipinski definition) is 1. The molecule has 0 spiro atoms. The van der Waals surface area contributed by atoms with Gasteiger partial charge in [-0.15, -0.1) is 0 Å². The second kappa shape index (κ2) is 8.15. The number of nitrogens with two attached hydrogens (primary N) is 1. The number of hydrogen-bond acceptors (Lipinski definition) is 4. The van der Waals surface area contributed by atoms with Crippen molar-refractivity contribution in [1.82, 2.24) is 14.5 Å². The van der Waals surface area contributed by atoms with Crippen molar-refractivity contribution in [2.24, 2.45) is 0 Å². The number of nitrogen functional groups attached to an aromatic ring is 1. The second-order valence-electron chi connectivity index (χ2n) is 8.20. The summed E-state index contributed by atoms with van der Waals surface area (Å²) in [6, 6.07) is 0.514. The minimum atomic E-state index is 0.514. The summed E-state index contributed by atoms with van der Waals surface area (Å²) in [7, 11) is 0. The Labute approximate surface area is 162 Å². The van der Waals surface area contributed by atoms with Crippen LogP contribution in [0.25, 0.3) is 11.0 Å². The number of ether oxygens (including phenoxy) is 1. The van der Waals surface area contributed by atoms with Crippen molar-refractivity contribution < 1.29 is 9.30 Å². The van der Waals surface area contributed by atoms with Gasteiger partial charge in [0.15, 0.2) is 0 Å². The molecule has 0 bridgehead atoms. The first-order chi connectivity index (χ1) is 13.2. The molecule has 6 heteroatoms. The van der Waals surface area contributed by atoms with Gasteiger partial charge in [-0.1, -0.05) is 11.4 Å². The minimum Gasteiger partial charge on any atom is -0.379 e. The van der Waals surface area contributed by atoms with E-state index < -0.39 is 0 Å². The van der Waals surface area contributed by atoms with Gasteiger partial charge in [-0.2, -0.15) is 0 Å². The first-order valence-corrected chi connectivity index (χ1v) is 10.6. The molecule has 1 aliphatic carbocycles. The van der Waals surface area contributed by atoms with E-state index in [1.54, 1.807) is 0 Å². The molecular weight excluding hydrogens is 338 g/mol. The molecule has 0 radical (unpaired) electrons. The van der Waals surface area contributed by atoms with E-state index in [0.29, 0.717) is 6.04 Å². The fourth-order valence-corrected chi connectivity index (χ4v) is 4.79. The van der Waals surface area contributed by atoms with Crippen molar-refractivity contribution in [2.75, 3.05) is 38.6 Å². The number of aromatic nitrogens is 3. The quantitative estimate of drug-likeness (QED) is 0.820. The molecule has 27 heavy (non-hydrogen) atoms. The number of fused-ring (bicyclic) bond motifs is 1. The van der Waals surface area contributed by atoms with Crippen LogP contribution in [0, 0.1) is 13.8 Å². The monoisotopic (exact) mass is 372 g/mol. The van der Waals surface area contributed by atoms with Gasteiger partial charge in [0.05, 0.1) is 19.3 Å². The summed E-state index contributed by atoms with van der Waals surface area (Å²) in [5.41, 5.74) is 10.3. The molecule has 148 valence electrons. The summed E-state index contributed by atoms with van der Waals surface area (Å²) >= 11 is 0. The number of morpholine rings is 1. The van der Waals surface area contributed by atoms with E-state index in [1.807, 2.05) is 6.33 Å². The van der Waals surface area contributed by atoms with Crippen LogP contribution >= 0.6 is 0 Å². The highest BCUT2D eigenvalue weighted by Gasteiger charge is 2.26. The fraction of sp³-hybridized carbons (Fsp3) is 0.714. The van der Waals surface area contributed by atoms with Crippen molar-refractivity contribution in [1.29, 1.82) is 0 Å². The van der Waals surface area contributed by atoms with Crippen LogP contribution in [-0.2, 0) is 11.3 Å². The fourth-order valence-electron chi connectivity index (χ4n) is 4.79. The third kappa shape index (κ3) is 3.69. The number of aryl methyl sites for hydroxylation is 2. The van der Waals surface area contributed by atoms with E-state index >= 15 is 0 Å². The van der Waals surface area contributed by atoms with Crippen molar-refractivity contribution in [3.05, 3.63) is 17.6 Å². The van der Waals surface area contributed by atoms with Gasteiger partial charge in [-0.25, -0.2) is 4.57 Å². The molecule has 1 aliphatic heterocycles. The zero-order valence-electron chi connectivity index (χ0n) is 16.9. The molecular formula is C21H34N5O+. The molecule has 0 amide bonds. The topological polar surface area (TPSA) is 60.2 Å². The second-order valence-corrected chi connectivity index (χ2v) is 8.20. The lowest BCUT2D eigenvalue weighted by Gasteiger charge is -2.26. The Morgan fingerprint density at radius 3 is 2.63 bits per heavy atom. The maximum absolute atomic E-state index is 6.67. The zero-order chi connectivity index (χ0) is 18.8. The molecule has 2 aromatic heterocycles. The van der Waals surface area contributed by atoms with Crippen LogP contribution in [0.1, 0.15) is 55.8 Å². The van der Waals surface area contributed by atoms with Crippen LogP contribution < -0.4 is 10.3 Å². The first-order valence-electron chi connectivity index (χ1n) is 10.6. The number of nitrogens with zero attached hydrogens (tertiary/aromatic N) is 4. The summed E-state index contributed by atoms with van der Waals surface area (Å²) in [5.74, 6) is 0.902. The third-order valence-corrected chi connectivity index (χ3v) is 6.57. The first kappa shape index (κ1) is 18.7. The molecule has 6 nitrogen and oxygen atoms in total. The summed E-state index contributed by atoms with van der Waals surface area (Å²) in [6.07, 6.45) is 9.52. The molecule has 0 atom stereocenters. The van der Waals surface area contributed by atoms with Gasteiger partial charge in [0.2, 0.25) is 17.8 Å². The molecule has 4 rings (SSSR count). The predicted octanol–water partition coefficient (Wildman–Crippen LogP) is 2.75. The van der Waals surface area contributed by atoms with E-state index in [-0.39, 0.29) is 0 Å². The predicted molar refractivity (Wildman–Crippen MR) is 108 cm³/mol. The van der Waals surface area contributed by atoms with E-state index in [9.17, 15) is 0 Å². The van der Waals surface area contributed by atoms with Gasteiger partial charge >= 0.3 is 0 Å². The highest BCUT2D eigenvalue weighted by molar-refractivity contribution is 5.89. The van der Waals surface area contributed by atoms with Crippen molar-refractivity contribution in [3.8, 4) is 0 Å². The van der Waals surface area contributed by atoms with Crippen LogP contribution in [-0.4, -0.2) is 47.3 Å². The standard InChI is InChI=1S/C21H33N5O/c1-16-17(2)25(10-6-9-24-11-13-27-14-12-24)21-19(16)20(22)26(15-23-21)18-7-4-3-5-8-18/h15,18,22H,3-14H2,1-2H3/p+1.